The van der Waals surface area contributed by atoms with Crippen LogP contribution in [0.3, 0.4) is 0 Å². The fourth-order valence-corrected chi connectivity index (χ4v) is 6.13. The molecule has 2 aromatic carbocycles. The second kappa shape index (κ2) is 9.24. The van der Waals surface area contributed by atoms with Crippen molar-refractivity contribution in [3.8, 4) is 5.69 Å². The van der Waals surface area contributed by atoms with Gasteiger partial charge in [-0.15, -0.1) is 0 Å². The van der Waals surface area contributed by atoms with Crippen molar-refractivity contribution in [1.29, 1.82) is 0 Å². The second-order valence-corrected chi connectivity index (χ2v) is 11.9. The predicted octanol–water partition coefficient (Wildman–Crippen LogP) is 5.58. The number of aromatic nitrogens is 1. The van der Waals surface area contributed by atoms with Crippen molar-refractivity contribution in [2.24, 2.45) is 0 Å². The van der Waals surface area contributed by atoms with Gasteiger partial charge in [-0.1, -0.05) is 30.7 Å². The molecule has 5 nitrogen and oxygen atoms in total. The normalized spacial score (nSPS) is 19.4. The van der Waals surface area contributed by atoms with E-state index in [4.69, 9.17) is 11.6 Å². The number of halogens is 1. The van der Waals surface area contributed by atoms with E-state index in [0.29, 0.717) is 34.8 Å². The molecule has 0 radical (unpaired) electrons. The highest BCUT2D eigenvalue weighted by atomic mass is 35.5. The second-order valence-electron chi connectivity index (χ2n) is 9.28. The summed E-state index contributed by atoms with van der Waals surface area (Å²) in [5, 5.41) is 1.49. The van der Waals surface area contributed by atoms with E-state index in [2.05, 4.69) is 18.7 Å². The molecule has 4 rings (SSSR count). The van der Waals surface area contributed by atoms with Gasteiger partial charge in [0.05, 0.1) is 17.8 Å². The van der Waals surface area contributed by atoms with Crippen LogP contribution in [-0.4, -0.2) is 48.6 Å². The van der Waals surface area contributed by atoms with E-state index in [0.717, 1.165) is 41.5 Å². The first-order valence-electron chi connectivity index (χ1n) is 11.5. The van der Waals surface area contributed by atoms with Gasteiger partial charge in [0.15, 0.2) is 15.6 Å². The Kier molecular flexibility index (Phi) is 6.72. The molecular weight excluding hydrogens is 456 g/mol. The molecule has 33 heavy (non-hydrogen) atoms. The van der Waals surface area contributed by atoms with Crippen LogP contribution in [0.1, 0.15) is 54.7 Å². The Hall–Kier alpha value is -2.15. The molecule has 0 bridgehead atoms. The van der Waals surface area contributed by atoms with E-state index >= 15 is 0 Å². The van der Waals surface area contributed by atoms with Gasteiger partial charge in [-0.25, -0.2) is 8.42 Å². The van der Waals surface area contributed by atoms with E-state index in [9.17, 15) is 13.2 Å². The van der Waals surface area contributed by atoms with E-state index in [1.54, 1.807) is 0 Å². The summed E-state index contributed by atoms with van der Waals surface area (Å²) >= 11 is 6.11. The summed E-state index contributed by atoms with van der Waals surface area (Å²) in [6, 6.07) is 13.9. The SMILES string of the molecule is CCC1CCC(C)N1CC(=O)c1c(C)n(-c2ccc(Cl)cc2)c2cc(CS(C)(=O)=O)ccc12. The quantitative estimate of drug-likeness (QED) is 0.409. The summed E-state index contributed by atoms with van der Waals surface area (Å²) < 4.78 is 25.9. The van der Waals surface area contributed by atoms with E-state index in [1.807, 2.05) is 54.0 Å². The van der Waals surface area contributed by atoms with Gasteiger partial charge in [-0.3, -0.25) is 9.69 Å². The summed E-state index contributed by atoms with van der Waals surface area (Å²) in [6.45, 7) is 6.74. The number of rotatable bonds is 7. The lowest BCUT2D eigenvalue weighted by molar-refractivity contribution is 0.0890. The molecule has 0 amide bonds. The lowest BCUT2D eigenvalue weighted by Crippen LogP contribution is -2.38. The number of Topliss-reactive ketones (excluding diaryl/α,β-unsaturated/α-hetero) is 1. The first-order chi connectivity index (χ1) is 15.6. The highest BCUT2D eigenvalue weighted by Crippen LogP contribution is 2.33. The Morgan fingerprint density at radius 2 is 1.82 bits per heavy atom. The summed E-state index contributed by atoms with van der Waals surface area (Å²) in [6.07, 6.45) is 4.52. The number of ketones is 1. The summed E-state index contributed by atoms with van der Waals surface area (Å²) in [5.74, 6) is 0.0638. The molecule has 2 atom stereocenters. The molecular formula is C26H31ClN2O3S. The van der Waals surface area contributed by atoms with Crippen molar-refractivity contribution in [3.63, 3.8) is 0 Å². The first kappa shape index (κ1) is 24.0. The van der Waals surface area contributed by atoms with Crippen molar-refractivity contribution >= 4 is 38.1 Å². The third-order valence-electron chi connectivity index (χ3n) is 6.81. The van der Waals surface area contributed by atoms with Gasteiger partial charge in [-0.2, -0.15) is 0 Å². The Morgan fingerprint density at radius 1 is 1.12 bits per heavy atom. The Morgan fingerprint density at radius 3 is 2.45 bits per heavy atom. The fraction of sp³-hybridized carbons (Fsp3) is 0.423. The molecule has 0 aliphatic carbocycles. The number of fused-ring (bicyclic) bond motifs is 1. The third kappa shape index (κ3) is 4.88. The largest absolute Gasteiger partial charge is 0.313 e. The molecule has 0 spiro atoms. The number of likely N-dealkylation sites (tertiary alicyclic amines) is 1. The molecule has 1 aliphatic heterocycles. The zero-order valence-electron chi connectivity index (χ0n) is 19.6. The van der Waals surface area contributed by atoms with Crippen LogP contribution in [0.2, 0.25) is 5.02 Å². The zero-order chi connectivity index (χ0) is 23.9. The van der Waals surface area contributed by atoms with Gasteiger partial charge in [-0.05, 0) is 69.0 Å². The van der Waals surface area contributed by atoms with Crippen molar-refractivity contribution in [2.45, 2.75) is 57.9 Å². The maximum absolute atomic E-state index is 13.7. The topological polar surface area (TPSA) is 59.4 Å². The number of hydrogen-bond donors (Lipinski definition) is 0. The summed E-state index contributed by atoms with van der Waals surface area (Å²) in [5.41, 5.74) is 3.99. The van der Waals surface area contributed by atoms with Crippen LogP contribution in [0.25, 0.3) is 16.6 Å². The van der Waals surface area contributed by atoms with Crippen LogP contribution < -0.4 is 0 Å². The molecule has 1 saturated heterocycles. The number of benzene rings is 2. The predicted molar refractivity (Wildman–Crippen MR) is 135 cm³/mol. The third-order valence-corrected chi connectivity index (χ3v) is 7.92. The Balaban J connectivity index is 1.85. The van der Waals surface area contributed by atoms with Crippen LogP contribution in [0.5, 0.6) is 0 Å². The van der Waals surface area contributed by atoms with E-state index in [-0.39, 0.29) is 11.5 Å². The minimum absolute atomic E-state index is 0.0411. The molecule has 7 heteroatoms. The lowest BCUT2D eigenvalue weighted by Gasteiger charge is -2.26. The molecule has 2 unspecified atom stereocenters. The molecule has 1 aliphatic rings. The minimum Gasteiger partial charge on any atom is -0.313 e. The van der Waals surface area contributed by atoms with Gasteiger partial charge in [0, 0.05) is 45.7 Å². The van der Waals surface area contributed by atoms with Gasteiger partial charge in [0.25, 0.3) is 0 Å². The highest BCUT2D eigenvalue weighted by molar-refractivity contribution is 7.89. The standard InChI is InChI=1S/C26H31ClN2O3S/c1-5-21-10-6-17(2)28(21)15-25(30)26-18(3)29(22-11-8-20(27)9-12-22)24-14-19(7-13-23(24)26)16-33(4,31)32/h7-9,11-14,17,21H,5-6,10,15-16H2,1-4H3. The lowest BCUT2D eigenvalue weighted by atomic mass is 10.0. The van der Waals surface area contributed by atoms with Crippen LogP contribution in [0.15, 0.2) is 42.5 Å². The van der Waals surface area contributed by atoms with Crippen LogP contribution in [0, 0.1) is 6.92 Å². The van der Waals surface area contributed by atoms with Gasteiger partial charge in [0.2, 0.25) is 0 Å². The van der Waals surface area contributed by atoms with Gasteiger partial charge >= 0.3 is 0 Å². The molecule has 176 valence electrons. The maximum atomic E-state index is 13.7. The minimum atomic E-state index is -3.18. The van der Waals surface area contributed by atoms with Crippen molar-refractivity contribution < 1.29 is 13.2 Å². The number of carbonyl (C=O) groups excluding carboxylic acids is 1. The van der Waals surface area contributed by atoms with Crippen LogP contribution >= 0.6 is 11.6 Å². The zero-order valence-corrected chi connectivity index (χ0v) is 21.2. The molecule has 2 heterocycles. The van der Waals surface area contributed by atoms with Crippen molar-refractivity contribution in [1.82, 2.24) is 9.47 Å². The van der Waals surface area contributed by atoms with Crippen LogP contribution in [-0.2, 0) is 15.6 Å². The summed E-state index contributed by atoms with van der Waals surface area (Å²) in [4.78, 5) is 16.0. The molecule has 0 saturated carbocycles. The number of hydrogen-bond acceptors (Lipinski definition) is 4. The molecule has 1 fully saturated rings. The first-order valence-corrected chi connectivity index (χ1v) is 13.9. The van der Waals surface area contributed by atoms with E-state index < -0.39 is 9.84 Å². The monoisotopic (exact) mass is 486 g/mol. The van der Waals surface area contributed by atoms with E-state index in [1.165, 1.54) is 6.26 Å². The molecule has 1 aromatic heterocycles. The van der Waals surface area contributed by atoms with Gasteiger partial charge in [0.1, 0.15) is 0 Å². The highest BCUT2D eigenvalue weighted by Gasteiger charge is 2.32. The molecule has 0 N–H and O–H groups in total. The fourth-order valence-electron chi connectivity index (χ4n) is 5.22. The Bertz CT molecular complexity index is 1300. The number of sulfone groups is 1. The average molecular weight is 487 g/mol. The average Bonchev–Trinajstić information content (AvgIpc) is 3.23. The maximum Gasteiger partial charge on any atom is 0.179 e. The number of carbonyl (C=O) groups is 1. The van der Waals surface area contributed by atoms with Crippen molar-refractivity contribution in [2.75, 3.05) is 12.8 Å². The smallest absolute Gasteiger partial charge is 0.179 e. The van der Waals surface area contributed by atoms with Crippen molar-refractivity contribution in [3.05, 3.63) is 64.3 Å². The summed E-state index contributed by atoms with van der Waals surface area (Å²) in [7, 11) is -3.18. The Labute approximate surface area is 201 Å². The van der Waals surface area contributed by atoms with Crippen LogP contribution in [0.4, 0.5) is 0 Å². The van der Waals surface area contributed by atoms with Gasteiger partial charge < -0.3 is 4.57 Å². The number of nitrogens with zero attached hydrogens (tertiary/aromatic N) is 2. The molecule has 3 aromatic rings.